The Kier molecular flexibility index (Phi) is 6.51. The lowest BCUT2D eigenvalue weighted by molar-refractivity contribution is -0.139. The fourth-order valence-electron chi connectivity index (χ4n) is 1.81. The number of carbonyl (C=O) groups is 2. The third-order valence-electron chi connectivity index (χ3n) is 3.05. The second-order valence-electron chi connectivity index (χ2n) is 4.78. The molecule has 24 heavy (non-hydrogen) atoms. The summed E-state index contributed by atoms with van der Waals surface area (Å²) in [6.45, 7) is 0.242. The average molecular weight is 390 g/mol. The van der Waals surface area contributed by atoms with Gasteiger partial charge in [0, 0.05) is 11.0 Å². The molecule has 0 aliphatic rings. The maximum Gasteiger partial charge on any atom is 0.329 e. The molecule has 0 spiro atoms. The first kappa shape index (κ1) is 17.7. The summed E-state index contributed by atoms with van der Waals surface area (Å²) in [5.74, 6) is -0.850. The first-order valence-electron chi connectivity index (χ1n) is 7.08. The summed E-state index contributed by atoms with van der Waals surface area (Å²) in [6.07, 6.45) is 1.46. The van der Waals surface area contributed by atoms with E-state index in [2.05, 4.69) is 31.8 Å². The van der Waals surface area contributed by atoms with E-state index in [1.165, 1.54) is 6.21 Å². The minimum absolute atomic E-state index is 0.242. The van der Waals surface area contributed by atoms with Crippen LogP contribution in [0.25, 0.3) is 0 Å². The molecule has 0 aromatic heterocycles. The van der Waals surface area contributed by atoms with Gasteiger partial charge in [-0.25, -0.2) is 5.43 Å². The second kappa shape index (κ2) is 8.83. The van der Waals surface area contributed by atoms with Crippen LogP contribution in [0.3, 0.4) is 0 Å². The van der Waals surface area contributed by atoms with Gasteiger partial charge in [0.05, 0.1) is 13.3 Å². The second-order valence-corrected chi connectivity index (χ2v) is 5.70. The van der Waals surface area contributed by atoms with E-state index in [9.17, 15) is 9.59 Å². The van der Waals surface area contributed by atoms with Crippen LogP contribution in [-0.2, 0) is 16.1 Å². The molecule has 0 heterocycles. The number of hydrogen-bond donors (Lipinski definition) is 2. The Labute approximate surface area is 148 Å². The summed E-state index contributed by atoms with van der Waals surface area (Å²) in [5.41, 5.74) is 3.84. The number of ether oxygens (including phenoxy) is 1. The van der Waals surface area contributed by atoms with Gasteiger partial charge in [-0.15, -0.1) is 0 Å². The van der Waals surface area contributed by atoms with Gasteiger partial charge in [0.2, 0.25) is 0 Å². The quantitative estimate of drug-likeness (QED) is 0.467. The third kappa shape index (κ3) is 5.51. The van der Waals surface area contributed by atoms with E-state index in [1.807, 2.05) is 36.4 Å². The molecule has 2 aromatic carbocycles. The van der Waals surface area contributed by atoms with Crippen molar-refractivity contribution in [2.75, 3.05) is 7.11 Å². The lowest BCUT2D eigenvalue weighted by atomic mass is 10.2. The van der Waals surface area contributed by atoms with E-state index in [1.54, 1.807) is 19.2 Å². The Morgan fingerprint density at radius 3 is 2.58 bits per heavy atom. The average Bonchev–Trinajstić information content (AvgIpc) is 2.60. The van der Waals surface area contributed by atoms with Crippen molar-refractivity contribution in [3.8, 4) is 5.75 Å². The van der Waals surface area contributed by atoms with Crippen molar-refractivity contribution >= 4 is 34.0 Å². The van der Waals surface area contributed by atoms with Crippen LogP contribution in [0, 0.1) is 0 Å². The van der Waals surface area contributed by atoms with Gasteiger partial charge in [0.25, 0.3) is 0 Å². The molecule has 0 fully saturated rings. The highest BCUT2D eigenvalue weighted by atomic mass is 79.9. The zero-order chi connectivity index (χ0) is 17.4. The number of nitrogens with one attached hydrogen (secondary N) is 2. The molecule has 2 aromatic rings. The summed E-state index contributed by atoms with van der Waals surface area (Å²) >= 11 is 3.34. The van der Waals surface area contributed by atoms with Gasteiger partial charge in [0.15, 0.2) is 0 Å². The Hall–Kier alpha value is -2.67. The van der Waals surface area contributed by atoms with Gasteiger partial charge in [0.1, 0.15) is 5.75 Å². The molecule has 0 saturated heterocycles. The normalized spacial score (nSPS) is 10.4. The molecule has 0 saturated carbocycles. The molecular formula is C17H16BrN3O3. The summed E-state index contributed by atoms with van der Waals surface area (Å²) in [6, 6.07) is 14.6. The van der Waals surface area contributed by atoms with Gasteiger partial charge >= 0.3 is 11.8 Å². The Balaban J connectivity index is 1.80. The molecule has 0 aliphatic carbocycles. The standard InChI is InChI=1S/C17H16BrN3O3/c1-24-15-7-5-12(6-8-15)10-19-16(22)17(23)21-20-11-13-3-2-4-14(18)9-13/h2-9,11H,10H2,1H3,(H,19,22)(H,21,23)/b20-11+. The maximum atomic E-state index is 11.7. The molecule has 0 unspecified atom stereocenters. The van der Waals surface area contributed by atoms with Crippen molar-refractivity contribution in [1.29, 1.82) is 0 Å². The smallest absolute Gasteiger partial charge is 0.329 e. The Morgan fingerprint density at radius 2 is 1.92 bits per heavy atom. The first-order valence-corrected chi connectivity index (χ1v) is 7.87. The molecule has 2 N–H and O–H groups in total. The van der Waals surface area contributed by atoms with E-state index in [0.29, 0.717) is 0 Å². The van der Waals surface area contributed by atoms with Crippen LogP contribution in [0.1, 0.15) is 11.1 Å². The number of rotatable bonds is 5. The Morgan fingerprint density at radius 1 is 1.17 bits per heavy atom. The molecule has 6 nitrogen and oxygen atoms in total. The van der Waals surface area contributed by atoms with Crippen LogP contribution in [0.2, 0.25) is 0 Å². The summed E-state index contributed by atoms with van der Waals surface area (Å²) in [5, 5.41) is 6.28. The monoisotopic (exact) mass is 389 g/mol. The number of carbonyl (C=O) groups excluding carboxylic acids is 2. The highest BCUT2D eigenvalue weighted by Gasteiger charge is 2.11. The number of hydrogen-bond acceptors (Lipinski definition) is 4. The highest BCUT2D eigenvalue weighted by Crippen LogP contribution is 2.11. The predicted octanol–water partition coefficient (Wildman–Crippen LogP) is 2.22. The van der Waals surface area contributed by atoms with Crippen molar-refractivity contribution < 1.29 is 14.3 Å². The minimum atomic E-state index is -0.824. The predicted molar refractivity (Wildman–Crippen MR) is 94.7 cm³/mol. The molecule has 7 heteroatoms. The lowest BCUT2D eigenvalue weighted by Gasteiger charge is -2.05. The molecule has 0 aliphatic heterocycles. The molecule has 2 rings (SSSR count). The molecule has 0 atom stereocenters. The van der Waals surface area contributed by atoms with Crippen LogP contribution in [0.4, 0.5) is 0 Å². The zero-order valence-electron chi connectivity index (χ0n) is 13.0. The number of nitrogens with zero attached hydrogens (tertiary/aromatic N) is 1. The van der Waals surface area contributed by atoms with Gasteiger partial charge < -0.3 is 10.1 Å². The van der Waals surface area contributed by atoms with Crippen molar-refractivity contribution in [3.05, 3.63) is 64.1 Å². The van der Waals surface area contributed by atoms with E-state index in [-0.39, 0.29) is 6.54 Å². The molecular weight excluding hydrogens is 374 g/mol. The van der Waals surface area contributed by atoms with Gasteiger partial charge in [-0.2, -0.15) is 5.10 Å². The van der Waals surface area contributed by atoms with E-state index < -0.39 is 11.8 Å². The van der Waals surface area contributed by atoms with Crippen molar-refractivity contribution in [1.82, 2.24) is 10.7 Å². The van der Waals surface area contributed by atoms with Crippen LogP contribution in [0.5, 0.6) is 5.75 Å². The molecule has 124 valence electrons. The van der Waals surface area contributed by atoms with E-state index >= 15 is 0 Å². The third-order valence-corrected chi connectivity index (χ3v) is 3.54. The summed E-state index contributed by atoms with van der Waals surface area (Å²) in [4.78, 5) is 23.4. The summed E-state index contributed by atoms with van der Waals surface area (Å²) < 4.78 is 5.95. The number of methoxy groups -OCH3 is 1. The number of amides is 2. The largest absolute Gasteiger partial charge is 0.497 e. The summed E-state index contributed by atoms with van der Waals surface area (Å²) in [7, 11) is 1.58. The van der Waals surface area contributed by atoms with Gasteiger partial charge in [-0.1, -0.05) is 40.2 Å². The highest BCUT2D eigenvalue weighted by molar-refractivity contribution is 9.10. The van der Waals surface area contributed by atoms with E-state index in [0.717, 1.165) is 21.3 Å². The van der Waals surface area contributed by atoms with Crippen molar-refractivity contribution in [2.45, 2.75) is 6.54 Å². The first-order chi connectivity index (χ1) is 11.6. The lowest BCUT2D eigenvalue weighted by Crippen LogP contribution is -2.37. The zero-order valence-corrected chi connectivity index (χ0v) is 14.5. The van der Waals surface area contributed by atoms with Crippen molar-refractivity contribution in [2.24, 2.45) is 5.10 Å². The van der Waals surface area contributed by atoms with Crippen molar-refractivity contribution in [3.63, 3.8) is 0 Å². The SMILES string of the molecule is COc1ccc(CNC(=O)C(=O)N/N=C/c2cccc(Br)c2)cc1. The number of halogens is 1. The fraction of sp³-hybridized carbons (Fsp3) is 0.118. The van der Waals surface area contributed by atoms with Crippen LogP contribution < -0.4 is 15.5 Å². The van der Waals surface area contributed by atoms with E-state index in [4.69, 9.17) is 4.74 Å². The molecule has 2 amide bonds. The van der Waals surface area contributed by atoms with Crippen LogP contribution >= 0.6 is 15.9 Å². The van der Waals surface area contributed by atoms with Gasteiger partial charge in [-0.3, -0.25) is 9.59 Å². The molecule has 0 bridgehead atoms. The van der Waals surface area contributed by atoms with Gasteiger partial charge in [-0.05, 0) is 35.4 Å². The minimum Gasteiger partial charge on any atom is -0.497 e. The van der Waals surface area contributed by atoms with Crippen LogP contribution in [0.15, 0.2) is 58.1 Å². The Bertz CT molecular complexity index is 745. The fourth-order valence-corrected chi connectivity index (χ4v) is 2.23. The number of benzene rings is 2. The topological polar surface area (TPSA) is 79.8 Å². The van der Waals surface area contributed by atoms with Crippen LogP contribution in [-0.4, -0.2) is 25.1 Å². The number of hydrazone groups is 1. The molecule has 0 radical (unpaired) electrons. The maximum absolute atomic E-state index is 11.7.